The van der Waals surface area contributed by atoms with Crippen LogP contribution in [0.2, 0.25) is 4.34 Å². The minimum Gasteiger partial charge on any atom is -0.480 e. The van der Waals surface area contributed by atoms with E-state index in [1.54, 1.807) is 5.32 Å². The van der Waals surface area contributed by atoms with E-state index < -0.39 is 30.5 Å². The third kappa shape index (κ3) is 4.53. The molecule has 2 N–H and O–H groups in total. The summed E-state index contributed by atoms with van der Waals surface area (Å²) in [5, 5.41) is 10.4. The van der Waals surface area contributed by atoms with Crippen molar-refractivity contribution < 1.29 is 27.9 Å². The van der Waals surface area contributed by atoms with E-state index in [9.17, 15) is 22.8 Å². The highest BCUT2D eigenvalue weighted by Gasteiger charge is 2.36. The molecule has 1 unspecified atom stereocenters. The Balaban J connectivity index is 2.73. The van der Waals surface area contributed by atoms with Crippen molar-refractivity contribution in [3.05, 3.63) is 21.3 Å². The predicted molar refractivity (Wildman–Crippen MR) is 58.9 cm³/mol. The lowest BCUT2D eigenvalue weighted by molar-refractivity contribution is -0.157. The van der Waals surface area contributed by atoms with Crippen molar-refractivity contribution in [1.29, 1.82) is 0 Å². The molecule has 0 spiro atoms. The number of carbonyl (C=O) groups is 2. The van der Waals surface area contributed by atoms with Gasteiger partial charge >= 0.3 is 12.1 Å². The first-order valence-electron chi connectivity index (χ1n) is 4.55. The number of halogens is 4. The molecular weight excluding hydrogens is 295 g/mol. The van der Waals surface area contributed by atoms with Crippen molar-refractivity contribution in [1.82, 2.24) is 5.32 Å². The van der Waals surface area contributed by atoms with Gasteiger partial charge in [-0.1, -0.05) is 11.6 Å². The molecule has 0 aliphatic rings. The Morgan fingerprint density at radius 3 is 2.44 bits per heavy atom. The summed E-state index contributed by atoms with van der Waals surface area (Å²) in [5.74, 6) is -2.65. The van der Waals surface area contributed by atoms with E-state index in [0.717, 1.165) is 11.3 Å². The first kappa shape index (κ1) is 14.8. The maximum Gasteiger partial charge on any atom is 0.391 e. The van der Waals surface area contributed by atoms with Gasteiger partial charge in [-0.15, -0.1) is 11.3 Å². The van der Waals surface area contributed by atoms with Crippen molar-refractivity contribution in [2.45, 2.75) is 18.6 Å². The van der Waals surface area contributed by atoms with Gasteiger partial charge in [-0.3, -0.25) is 4.79 Å². The number of amides is 1. The van der Waals surface area contributed by atoms with Crippen molar-refractivity contribution in [2.75, 3.05) is 0 Å². The lowest BCUT2D eigenvalue weighted by atomic mass is 10.2. The van der Waals surface area contributed by atoms with Gasteiger partial charge in [0.25, 0.3) is 5.91 Å². The summed E-state index contributed by atoms with van der Waals surface area (Å²) in [7, 11) is 0. The number of carbonyl (C=O) groups excluding carboxylic acids is 1. The van der Waals surface area contributed by atoms with Crippen LogP contribution in [0.1, 0.15) is 16.1 Å². The Labute approximate surface area is 108 Å². The summed E-state index contributed by atoms with van der Waals surface area (Å²) in [6.07, 6.45) is -6.31. The van der Waals surface area contributed by atoms with Crippen LogP contribution >= 0.6 is 22.9 Å². The van der Waals surface area contributed by atoms with Crippen LogP contribution in [0, 0.1) is 0 Å². The monoisotopic (exact) mass is 301 g/mol. The average molecular weight is 302 g/mol. The maximum atomic E-state index is 12.1. The predicted octanol–water partition coefficient (Wildman–Crippen LogP) is 2.54. The average Bonchev–Trinajstić information content (AvgIpc) is 2.61. The highest BCUT2D eigenvalue weighted by Crippen LogP contribution is 2.23. The molecule has 1 rings (SSSR count). The molecule has 1 heterocycles. The minimum absolute atomic E-state index is 0.0495. The van der Waals surface area contributed by atoms with Crippen LogP contribution in [-0.4, -0.2) is 29.2 Å². The standard InChI is InChI=1S/C9H7ClF3NO3S/c10-6-2-1-5(18-6)7(15)14-4(8(16)17)3-9(11,12)13/h1-2,4H,3H2,(H,14,15)(H,16,17). The van der Waals surface area contributed by atoms with E-state index >= 15 is 0 Å². The van der Waals surface area contributed by atoms with Crippen LogP contribution in [-0.2, 0) is 4.79 Å². The van der Waals surface area contributed by atoms with Gasteiger partial charge in [0.05, 0.1) is 15.6 Å². The maximum absolute atomic E-state index is 12.1. The SMILES string of the molecule is O=C(NC(CC(F)(F)F)C(=O)O)c1ccc(Cl)s1. The molecule has 100 valence electrons. The van der Waals surface area contributed by atoms with Gasteiger partial charge < -0.3 is 10.4 Å². The summed E-state index contributed by atoms with van der Waals surface area (Å²) in [6.45, 7) is 0. The zero-order valence-electron chi connectivity index (χ0n) is 8.62. The van der Waals surface area contributed by atoms with Gasteiger partial charge in [-0.05, 0) is 12.1 Å². The number of rotatable bonds is 4. The van der Waals surface area contributed by atoms with Gasteiger partial charge in [0.1, 0.15) is 6.04 Å². The van der Waals surface area contributed by atoms with Gasteiger partial charge in [-0.2, -0.15) is 13.2 Å². The zero-order chi connectivity index (χ0) is 13.9. The molecular formula is C9H7ClF3NO3S. The van der Waals surface area contributed by atoms with Gasteiger partial charge in [0.2, 0.25) is 0 Å². The molecule has 0 radical (unpaired) electrons. The normalized spacial score (nSPS) is 13.1. The smallest absolute Gasteiger partial charge is 0.391 e. The number of thiophene rings is 1. The van der Waals surface area contributed by atoms with Gasteiger partial charge in [0, 0.05) is 0 Å². The molecule has 0 bridgehead atoms. The van der Waals surface area contributed by atoms with Gasteiger partial charge in [-0.25, -0.2) is 4.79 Å². The third-order valence-corrected chi connectivity index (χ3v) is 3.07. The Hall–Kier alpha value is -1.28. The number of hydrogen-bond acceptors (Lipinski definition) is 3. The molecule has 1 aromatic rings. The van der Waals surface area contributed by atoms with E-state index in [-0.39, 0.29) is 9.21 Å². The molecule has 0 saturated heterocycles. The first-order chi connectivity index (χ1) is 8.19. The lowest BCUT2D eigenvalue weighted by Crippen LogP contribution is -2.43. The summed E-state index contributed by atoms with van der Waals surface area (Å²) < 4.78 is 36.6. The number of hydrogen-bond donors (Lipinski definition) is 2. The second-order valence-corrected chi connectivity index (χ2v) is 5.00. The van der Waals surface area contributed by atoms with Crippen LogP contribution in [0.15, 0.2) is 12.1 Å². The Morgan fingerprint density at radius 2 is 2.06 bits per heavy atom. The molecule has 9 heteroatoms. The Morgan fingerprint density at radius 1 is 1.44 bits per heavy atom. The topological polar surface area (TPSA) is 66.4 Å². The summed E-state index contributed by atoms with van der Waals surface area (Å²) in [5.41, 5.74) is 0. The van der Waals surface area contributed by atoms with Crippen LogP contribution < -0.4 is 5.32 Å². The van der Waals surface area contributed by atoms with E-state index in [4.69, 9.17) is 16.7 Å². The summed E-state index contributed by atoms with van der Waals surface area (Å²) >= 11 is 6.40. The minimum atomic E-state index is -4.68. The fourth-order valence-electron chi connectivity index (χ4n) is 1.10. The fraction of sp³-hybridized carbons (Fsp3) is 0.333. The molecule has 0 aromatic carbocycles. The number of carboxylic acid groups (broad SMARTS) is 1. The van der Waals surface area contributed by atoms with Crippen molar-refractivity contribution in [3.63, 3.8) is 0 Å². The molecule has 1 amide bonds. The summed E-state index contributed by atoms with van der Waals surface area (Å²) in [6, 6.07) is 0.675. The second-order valence-electron chi connectivity index (χ2n) is 3.29. The third-order valence-electron chi connectivity index (χ3n) is 1.84. The largest absolute Gasteiger partial charge is 0.480 e. The Kier molecular flexibility index (Phi) is 4.58. The molecule has 0 aliphatic carbocycles. The first-order valence-corrected chi connectivity index (χ1v) is 5.74. The summed E-state index contributed by atoms with van der Waals surface area (Å²) in [4.78, 5) is 22.1. The molecule has 1 atom stereocenters. The fourth-order valence-corrected chi connectivity index (χ4v) is 2.04. The molecule has 0 saturated carbocycles. The van der Waals surface area contributed by atoms with Crippen molar-refractivity contribution in [3.8, 4) is 0 Å². The molecule has 4 nitrogen and oxygen atoms in total. The van der Waals surface area contributed by atoms with E-state index in [1.165, 1.54) is 12.1 Å². The molecule has 1 aromatic heterocycles. The second kappa shape index (κ2) is 5.57. The van der Waals surface area contributed by atoms with E-state index in [0.29, 0.717) is 0 Å². The molecule has 0 aliphatic heterocycles. The Bertz CT molecular complexity index is 460. The zero-order valence-corrected chi connectivity index (χ0v) is 10.2. The van der Waals surface area contributed by atoms with Crippen molar-refractivity contribution in [2.24, 2.45) is 0 Å². The molecule has 18 heavy (non-hydrogen) atoms. The number of carboxylic acids is 1. The van der Waals surface area contributed by atoms with E-state index in [1.807, 2.05) is 0 Å². The van der Waals surface area contributed by atoms with Crippen LogP contribution in [0.25, 0.3) is 0 Å². The molecule has 0 fully saturated rings. The number of aliphatic carboxylic acids is 1. The van der Waals surface area contributed by atoms with Crippen LogP contribution in [0.3, 0.4) is 0 Å². The van der Waals surface area contributed by atoms with Crippen LogP contribution in [0.4, 0.5) is 13.2 Å². The number of alkyl halides is 3. The lowest BCUT2D eigenvalue weighted by Gasteiger charge is -2.15. The quantitative estimate of drug-likeness (QED) is 0.898. The number of nitrogens with one attached hydrogen (secondary N) is 1. The van der Waals surface area contributed by atoms with E-state index in [2.05, 4.69) is 0 Å². The van der Waals surface area contributed by atoms with Crippen LogP contribution in [0.5, 0.6) is 0 Å². The highest BCUT2D eigenvalue weighted by molar-refractivity contribution is 7.18. The highest BCUT2D eigenvalue weighted by atomic mass is 35.5. The van der Waals surface area contributed by atoms with Crippen molar-refractivity contribution >= 4 is 34.8 Å². The van der Waals surface area contributed by atoms with Gasteiger partial charge in [0.15, 0.2) is 0 Å².